The number of phenolic OH excluding ortho intramolecular Hbond substituents is 1. The number of carbonyl (C=O) groups excluding carboxylic acids is 5. The van der Waals surface area contributed by atoms with Crippen molar-refractivity contribution in [1.82, 2.24) is 0 Å². The van der Waals surface area contributed by atoms with Crippen LogP contribution in [0.2, 0.25) is 0 Å². The maximum absolute atomic E-state index is 13.9. The van der Waals surface area contributed by atoms with Gasteiger partial charge in [0.2, 0.25) is 5.91 Å². The Kier molecular flexibility index (Phi) is 5.95. The minimum Gasteiger partial charge on any atom is -0.506 e. The summed E-state index contributed by atoms with van der Waals surface area (Å²) in [5.74, 6) is -4.03. The molecule has 4 aliphatic carbocycles. The number of fused-ring (bicyclic) bond motifs is 3. The molecule has 4 N–H and O–H groups in total. The largest absolute Gasteiger partial charge is 0.506 e. The van der Waals surface area contributed by atoms with Gasteiger partial charge in [-0.1, -0.05) is 31.8 Å². The van der Waals surface area contributed by atoms with Crippen molar-refractivity contribution in [3.05, 3.63) is 40.0 Å². The van der Waals surface area contributed by atoms with Gasteiger partial charge in [-0.3, -0.25) is 24.0 Å². The van der Waals surface area contributed by atoms with E-state index in [4.69, 9.17) is 5.73 Å². The summed E-state index contributed by atoms with van der Waals surface area (Å²) < 4.78 is 0. The second-order valence-corrected chi connectivity index (χ2v) is 11.0. The van der Waals surface area contributed by atoms with Crippen molar-refractivity contribution >= 4 is 29.0 Å². The molecule has 0 spiro atoms. The van der Waals surface area contributed by atoms with Crippen LogP contribution in [0.15, 0.2) is 17.7 Å². The number of hydrogen-bond acceptors (Lipinski definition) is 7. The Morgan fingerprint density at radius 3 is 2.49 bits per heavy atom. The highest BCUT2D eigenvalue weighted by atomic mass is 16.3. The number of primary amides is 1. The summed E-state index contributed by atoms with van der Waals surface area (Å²) in [6.45, 7) is 3.93. The van der Waals surface area contributed by atoms with Gasteiger partial charge in [-0.15, -0.1) is 0 Å². The van der Waals surface area contributed by atoms with Gasteiger partial charge in [0.25, 0.3) is 0 Å². The summed E-state index contributed by atoms with van der Waals surface area (Å²) in [6.07, 6.45) is 4.87. The average molecular weight is 504 g/mol. The molecule has 5 atom stereocenters. The van der Waals surface area contributed by atoms with Crippen LogP contribution in [0.3, 0.4) is 0 Å². The van der Waals surface area contributed by atoms with Crippen molar-refractivity contribution in [2.45, 2.75) is 63.9 Å². The monoisotopic (exact) mass is 503 g/mol. The predicted octanol–water partition coefficient (Wildman–Crippen LogP) is 1.91. The molecule has 0 heterocycles. The van der Waals surface area contributed by atoms with Crippen LogP contribution in [0.4, 0.5) is 0 Å². The van der Waals surface area contributed by atoms with Crippen molar-refractivity contribution in [3.8, 4) is 17.6 Å². The van der Waals surface area contributed by atoms with E-state index >= 15 is 0 Å². The third-order valence-corrected chi connectivity index (χ3v) is 8.46. The van der Waals surface area contributed by atoms with E-state index in [9.17, 15) is 34.2 Å². The molecule has 0 radical (unpaired) electrons. The van der Waals surface area contributed by atoms with Gasteiger partial charge in [-0.25, -0.2) is 0 Å². The van der Waals surface area contributed by atoms with Crippen molar-refractivity contribution in [3.63, 3.8) is 0 Å². The van der Waals surface area contributed by atoms with Crippen LogP contribution in [0.5, 0.6) is 5.75 Å². The van der Waals surface area contributed by atoms with E-state index in [1.807, 2.05) is 19.9 Å². The number of Topliss-reactive ketones (excluding diaryl/α,β-unsaturated/α-hetero) is 4. The van der Waals surface area contributed by atoms with Gasteiger partial charge in [0, 0.05) is 12.3 Å². The SMILES string of the molecule is CC(C)c1cc(C#CC2=CCCC2)c(O)c2c1C[C@H]1C[C@H]3CC(=O)C(C(N)=O)C(=O)[C@@]3(O)C(=O)C1C2=O. The molecule has 2 fully saturated rings. The molecule has 0 aliphatic heterocycles. The molecule has 0 aromatic heterocycles. The van der Waals surface area contributed by atoms with E-state index in [1.165, 1.54) is 0 Å². The fourth-order valence-electron chi connectivity index (χ4n) is 6.61. The highest BCUT2D eigenvalue weighted by Crippen LogP contribution is 2.51. The number of aliphatic hydroxyl groups is 1. The van der Waals surface area contributed by atoms with Gasteiger partial charge in [0.15, 0.2) is 34.7 Å². The molecule has 8 heteroatoms. The molecule has 2 saturated carbocycles. The number of amides is 1. The van der Waals surface area contributed by atoms with Crippen LogP contribution in [-0.4, -0.2) is 44.9 Å². The van der Waals surface area contributed by atoms with Gasteiger partial charge < -0.3 is 15.9 Å². The zero-order chi connectivity index (χ0) is 26.8. The molecule has 1 amide bonds. The molecule has 0 bridgehead atoms. The number of aromatic hydroxyl groups is 1. The van der Waals surface area contributed by atoms with Crippen molar-refractivity contribution < 1.29 is 34.2 Å². The third-order valence-electron chi connectivity index (χ3n) is 8.46. The summed E-state index contributed by atoms with van der Waals surface area (Å²) in [7, 11) is 0. The number of allylic oxidation sites excluding steroid dienone is 2. The number of carbonyl (C=O) groups is 5. The number of ketones is 4. The first-order valence-electron chi connectivity index (χ1n) is 12.7. The first kappa shape index (κ1) is 25.1. The number of benzene rings is 1. The second kappa shape index (κ2) is 8.77. The van der Waals surface area contributed by atoms with E-state index < -0.39 is 58.3 Å². The van der Waals surface area contributed by atoms with E-state index in [2.05, 4.69) is 11.8 Å². The smallest absolute Gasteiger partial charge is 0.235 e. The Hall–Kier alpha value is -3.57. The first-order chi connectivity index (χ1) is 17.5. The van der Waals surface area contributed by atoms with Crippen molar-refractivity contribution in [2.75, 3.05) is 0 Å². The van der Waals surface area contributed by atoms with Crippen LogP contribution in [0.1, 0.15) is 78.9 Å². The topological polar surface area (TPSA) is 152 Å². The number of hydrogen-bond donors (Lipinski definition) is 3. The third kappa shape index (κ3) is 3.67. The Bertz CT molecular complexity index is 1370. The lowest BCUT2D eigenvalue weighted by atomic mass is 9.53. The molecule has 4 aliphatic rings. The quantitative estimate of drug-likeness (QED) is 0.412. The summed E-state index contributed by atoms with van der Waals surface area (Å²) in [4.78, 5) is 64.9. The summed E-state index contributed by atoms with van der Waals surface area (Å²) in [5, 5.41) is 22.5. The van der Waals surface area contributed by atoms with E-state index in [0.717, 1.165) is 30.4 Å². The zero-order valence-electron chi connectivity index (χ0n) is 20.8. The van der Waals surface area contributed by atoms with Gasteiger partial charge in [0.1, 0.15) is 5.75 Å². The van der Waals surface area contributed by atoms with Crippen LogP contribution in [-0.2, 0) is 25.6 Å². The number of nitrogens with two attached hydrogens (primary N) is 1. The molecule has 2 unspecified atom stereocenters. The maximum atomic E-state index is 13.9. The van der Waals surface area contributed by atoms with Crippen LogP contribution in [0, 0.1) is 35.5 Å². The van der Waals surface area contributed by atoms with Gasteiger partial charge >= 0.3 is 0 Å². The second-order valence-electron chi connectivity index (χ2n) is 11.0. The molecule has 5 rings (SSSR count). The molecule has 1 aromatic carbocycles. The minimum atomic E-state index is -2.65. The fourth-order valence-corrected chi connectivity index (χ4v) is 6.61. The fraction of sp³-hybridized carbons (Fsp3) is 0.483. The van der Waals surface area contributed by atoms with E-state index in [0.29, 0.717) is 5.56 Å². The molecular weight excluding hydrogens is 474 g/mol. The van der Waals surface area contributed by atoms with Gasteiger partial charge in [-0.2, -0.15) is 0 Å². The van der Waals surface area contributed by atoms with Crippen molar-refractivity contribution in [2.24, 2.45) is 29.4 Å². The van der Waals surface area contributed by atoms with Crippen LogP contribution >= 0.6 is 0 Å². The average Bonchev–Trinajstić information content (AvgIpc) is 3.34. The zero-order valence-corrected chi connectivity index (χ0v) is 20.8. The lowest BCUT2D eigenvalue weighted by Gasteiger charge is -2.48. The number of phenols is 1. The van der Waals surface area contributed by atoms with E-state index in [1.54, 1.807) is 6.07 Å². The molecule has 37 heavy (non-hydrogen) atoms. The molecule has 192 valence electrons. The molecule has 0 saturated heterocycles. The maximum Gasteiger partial charge on any atom is 0.235 e. The lowest BCUT2D eigenvalue weighted by Crippen LogP contribution is -2.68. The van der Waals surface area contributed by atoms with Gasteiger partial charge in [-0.05, 0) is 66.7 Å². The molecule has 1 aromatic rings. The van der Waals surface area contributed by atoms with Crippen LogP contribution < -0.4 is 5.73 Å². The Labute approximate surface area is 214 Å². The number of rotatable bonds is 2. The normalized spacial score (nSPS) is 30.8. The summed E-state index contributed by atoms with van der Waals surface area (Å²) in [6, 6.07) is 1.79. The Morgan fingerprint density at radius 2 is 1.86 bits per heavy atom. The highest BCUT2D eigenvalue weighted by molar-refractivity contribution is 6.31. The lowest BCUT2D eigenvalue weighted by molar-refractivity contribution is -0.175. The predicted molar refractivity (Wildman–Crippen MR) is 131 cm³/mol. The van der Waals surface area contributed by atoms with E-state index in [-0.39, 0.29) is 42.1 Å². The highest BCUT2D eigenvalue weighted by Gasteiger charge is 2.66. The standard InChI is InChI=1S/C29H29NO7/c1-13(2)18-10-15(8-7-14-5-3-4-6-14)24(32)22-19(18)11-16-9-17-12-20(31)23(28(30)36)27(35)29(17,37)26(34)21(16)25(22)33/h5,10,13,16-17,21,23,32,37H,3-4,6,9,11-12H2,1-2H3,(H2,30,36)/t16-,17+,21?,23?,29+/m1/s1. The Balaban J connectivity index is 1.61. The molecule has 8 nitrogen and oxygen atoms in total. The first-order valence-corrected chi connectivity index (χ1v) is 12.7. The molecular formula is C29H29NO7. The van der Waals surface area contributed by atoms with Gasteiger partial charge in [0.05, 0.1) is 17.0 Å². The van der Waals surface area contributed by atoms with Crippen molar-refractivity contribution in [1.29, 1.82) is 0 Å². The van der Waals surface area contributed by atoms with Crippen LogP contribution in [0.25, 0.3) is 0 Å². The minimum absolute atomic E-state index is 0.00154. The Morgan fingerprint density at radius 1 is 1.14 bits per heavy atom. The summed E-state index contributed by atoms with van der Waals surface area (Å²) in [5.41, 5.74) is 5.31. The summed E-state index contributed by atoms with van der Waals surface area (Å²) >= 11 is 0.